The molecule has 2 aliphatic heterocycles. The molecule has 3 atom stereocenters. The first kappa shape index (κ1) is 8.75. The molecule has 0 aromatic rings. The third-order valence-electron chi connectivity index (χ3n) is 2.64. The first-order valence-corrected chi connectivity index (χ1v) is 6.74. The van der Waals surface area contributed by atoms with Gasteiger partial charge in [-0.2, -0.15) is 0 Å². The van der Waals surface area contributed by atoms with Crippen molar-refractivity contribution in [3.8, 4) is 0 Å². The van der Waals surface area contributed by atoms with Gasteiger partial charge in [-0.25, -0.2) is 0 Å². The van der Waals surface area contributed by atoms with Crippen molar-refractivity contribution in [2.75, 3.05) is 11.5 Å². The Morgan fingerprint density at radius 1 is 1.50 bits per heavy atom. The molecule has 0 aliphatic carbocycles. The molecule has 2 rings (SSSR count). The highest BCUT2D eigenvalue weighted by Gasteiger charge is 2.36. The number of rotatable bonds is 1. The average molecular weight is 203 g/mol. The van der Waals surface area contributed by atoms with Gasteiger partial charge in [0.2, 0.25) is 0 Å². The second-order valence-electron chi connectivity index (χ2n) is 3.37. The molecule has 0 bridgehead atoms. The minimum Gasteiger partial charge on any atom is -0.298 e. The summed E-state index contributed by atoms with van der Waals surface area (Å²) in [6.45, 7) is 0. The molecule has 68 valence electrons. The van der Waals surface area contributed by atoms with E-state index in [2.05, 4.69) is 0 Å². The predicted octanol–water partition coefficient (Wildman–Crippen LogP) is 1.63. The van der Waals surface area contributed by atoms with Gasteiger partial charge < -0.3 is 0 Å². The molecule has 0 aromatic heterocycles. The Labute approximate surface area is 79.5 Å². The zero-order valence-electron chi connectivity index (χ0n) is 6.91. The highest BCUT2D eigenvalue weighted by atomic mass is 32.2. The summed E-state index contributed by atoms with van der Waals surface area (Å²) in [6, 6.07) is 0. The van der Waals surface area contributed by atoms with Gasteiger partial charge in [0.05, 0.1) is 5.04 Å². The lowest BCUT2D eigenvalue weighted by Gasteiger charge is -2.15. The Bertz CT molecular complexity index is 205. The van der Waals surface area contributed by atoms with Gasteiger partial charge in [-0.05, 0) is 25.0 Å². The van der Waals surface area contributed by atoms with Crippen LogP contribution in [0.2, 0.25) is 0 Å². The van der Waals surface area contributed by atoms with E-state index in [1.165, 1.54) is 0 Å². The van der Waals surface area contributed by atoms with E-state index in [1.807, 2.05) is 0 Å². The zero-order chi connectivity index (χ0) is 8.55. The summed E-state index contributed by atoms with van der Waals surface area (Å²) >= 11 is 1.64. The fourth-order valence-corrected chi connectivity index (χ4v) is 4.98. The van der Waals surface area contributed by atoms with Crippen LogP contribution < -0.4 is 0 Å². The Morgan fingerprint density at radius 2 is 2.33 bits per heavy atom. The van der Waals surface area contributed by atoms with E-state index < -0.39 is 10.8 Å². The fraction of sp³-hybridized carbons (Fsp3) is 0.875. The van der Waals surface area contributed by atoms with Crippen LogP contribution in [0.4, 0.5) is 0 Å². The fourth-order valence-electron chi connectivity index (χ4n) is 1.98. The molecule has 2 nitrogen and oxygen atoms in total. The second kappa shape index (κ2) is 3.50. The minimum atomic E-state index is -0.625. The maximum atomic E-state index is 11.5. The maximum Gasteiger partial charge on any atom is 0.0684 e. The predicted molar refractivity (Wildman–Crippen MR) is 54.3 cm³/mol. The van der Waals surface area contributed by atoms with Gasteiger partial charge in [0.15, 0.2) is 0 Å². The maximum absolute atomic E-state index is 11.5. The van der Waals surface area contributed by atoms with Gasteiger partial charge in [-0.1, -0.05) is 0 Å². The second-order valence-corrected chi connectivity index (χ2v) is 6.29. The summed E-state index contributed by atoms with van der Waals surface area (Å²) in [5, 5.41) is 8.80. The molecule has 2 heterocycles. The van der Waals surface area contributed by atoms with E-state index in [-0.39, 0.29) is 0 Å². The van der Waals surface area contributed by atoms with Crippen LogP contribution in [-0.4, -0.2) is 26.0 Å². The van der Waals surface area contributed by atoms with Crippen molar-refractivity contribution in [2.24, 2.45) is 5.92 Å². The molecular formula is C8H13NOS2. The quantitative estimate of drug-likeness (QED) is 0.703. The standard InChI is InChI=1S/C8H13NOS2/c9-8-6(3-4-11-8)7-2-1-5-12(7)10/h6-7,9H,1-5H2. The van der Waals surface area contributed by atoms with Gasteiger partial charge in [0.25, 0.3) is 0 Å². The van der Waals surface area contributed by atoms with Crippen molar-refractivity contribution in [3.05, 3.63) is 0 Å². The molecule has 0 spiro atoms. The van der Waals surface area contributed by atoms with Crippen LogP contribution in [0.1, 0.15) is 19.3 Å². The lowest BCUT2D eigenvalue weighted by molar-refractivity contribution is 0.603. The number of nitrogens with one attached hydrogen (secondary N) is 1. The summed E-state index contributed by atoms with van der Waals surface area (Å²) in [7, 11) is -0.625. The summed E-state index contributed by atoms with van der Waals surface area (Å²) in [4.78, 5) is 0. The van der Waals surface area contributed by atoms with Crippen LogP contribution in [0.25, 0.3) is 0 Å². The van der Waals surface area contributed by atoms with Gasteiger partial charge >= 0.3 is 0 Å². The van der Waals surface area contributed by atoms with Crippen molar-refractivity contribution in [3.63, 3.8) is 0 Å². The van der Waals surface area contributed by atoms with Crippen LogP contribution >= 0.6 is 11.8 Å². The molecule has 12 heavy (non-hydrogen) atoms. The van der Waals surface area contributed by atoms with Crippen molar-refractivity contribution < 1.29 is 4.21 Å². The van der Waals surface area contributed by atoms with Gasteiger partial charge in [-0.15, -0.1) is 11.8 Å². The number of thioether (sulfide) groups is 1. The largest absolute Gasteiger partial charge is 0.298 e. The molecule has 0 saturated carbocycles. The molecule has 0 radical (unpaired) electrons. The Balaban J connectivity index is 2.08. The Kier molecular flexibility index (Phi) is 2.55. The molecule has 0 aromatic carbocycles. The van der Waals surface area contributed by atoms with E-state index in [0.717, 1.165) is 35.8 Å². The molecule has 2 saturated heterocycles. The third-order valence-corrected chi connectivity index (χ3v) is 5.63. The topological polar surface area (TPSA) is 40.9 Å². The highest BCUT2D eigenvalue weighted by molar-refractivity contribution is 8.14. The minimum absolute atomic E-state index is 0.326. The Morgan fingerprint density at radius 3 is 2.83 bits per heavy atom. The van der Waals surface area contributed by atoms with Crippen LogP contribution in [-0.2, 0) is 10.8 Å². The zero-order valence-corrected chi connectivity index (χ0v) is 8.55. The molecule has 4 heteroatoms. The van der Waals surface area contributed by atoms with Crippen LogP contribution in [0, 0.1) is 11.3 Å². The smallest absolute Gasteiger partial charge is 0.0684 e. The SMILES string of the molecule is N=C1SCCC1C1CCCS1=O. The Hall–Kier alpha value is 0.170. The summed E-state index contributed by atoms with van der Waals surface area (Å²) < 4.78 is 11.5. The molecule has 0 amide bonds. The first-order chi connectivity index (χ1) is 5.79. The van der Waals surface area contributed by atoms with Gasteiger partial charge in [0, 0.05) is 27.7 Å². The number of hydrogen-bond acceptors (Lipinski definition) is 3. The van der Waals surface area contributed by atoms with Gasteiger partial charge in [0.1, 0.15) is 0 Å². The van der Waals surface area contributed by atoms with E-state index >= 15 is 0 Å². The molecular weight excluding hydrogens is 190 g/mol. The van der Waals surface area contributed by atoms with Crippen molar-refractivity contribution in [2.45, 2.75) is 24.5 Å². The lowest BCUT2D eigenvalue weighted by atomic mass is 10.0. The first-order valence-electron chi connectivity index (χ1n) is 4.37. The van der Waals surface area contributed by atoms with E-state index in [9.17, 15) is 4.21 Å². The molecule has 1 N–H and O–H groups in total. The van der Waals surface area contributed by atoms with E-state index in [0.29, 0.717) is 11.2 Å². The summed E-state index contributed by atoms with van der Waals surface area (Å²) in [5.41, 5.74) is 0. The summed E-state index contributed by atoms with van der Waals surface area (Å²) in [5.74, 6) is 2.29. The third kappa shape index (κ3) is 1.46. The lowest BCUT2D eigenvalue weighted by Crippen LogP contribution is -2.24. The number of hydrogen-bond donors (Lipinski definition) is 1. The van der Waals surface area contributed by atoms with E-state index in [1.54, 1.807) is 11.8 Å². The van der Waals surface area contributed by atoms with Crippen LogP contribution in [0.3, 0.4) is 0 Å². The monoisotopic (exact) mass is 203 g/mol. The highest BCUT2D eigenvalue weighted by Crippen LogP contribution is 2.35. The van der Waals surface area contributed by atoms with Crippen LogP contribution in [0.15, 0.2) is 0 Å². The van der Waals surface area contributed by atoms with E-state index in [4.69, 9.17) is 5.41 Å². The van der Waals surface area contributed by atoms with Crippen LogP contribution in [0.5, 0.6) is 0 Å². The van der Waals surface area contributed by atoms with Gasteiger partial charge in [-0.3, -0.25) is 9.62 Å². The summed E-state index contributed by atoms with van der Waals surface area (Å²) in [6.07, 6.45) is 3.27. The van der Waals surface area contributed by atoms with Crippen molar-refractivity contribution in [1.82, 2.24) is 0 Å². The van der Waals surface area contributed by atoms with Crippen molar-refractivity contribution >= 4 is 27.6 Å². The average Bonchev–Trinajstić information content (AvgIpc) is 2.59. The molecule has 2 aliphatic rings. The normalized spacial score (nSPS) is 42.3. The molecule has 3 unspecified atom stereocenters. The van der Waals surface area contributed by atoms with Crippen molar-refractivity contribution in [1.29, 1.82) is 5.41 Å². The molecule has 2 fully saturated rings.